The molecule has 0 saturated heterocycles. The molecule has 0 atom stereocenters. The lowest BCUT2D eigenvalue weighted by molar-refractivity contribution is 0.278. The van der Waals surface area contributed by atoms with Crippen LogP contribution in [-0.2, 0) is 0 Å². The highest BCUT2D eigenvalue weighted by atomic mass is 32.1. The number of thiocarbonyl (C=S) groups is 1. The number of hydrogen-bond acceptors (Lipinski definition) is 1. The molecule has 108 valence electrons. The van der Waals surface area contributed by atoms with Crippen molar-refractivity contribution in [2.24, 2.45) is 5.73 Å². The van der Waals surface area contributed by atoms with E-state index in [1.54, 1.807) is 0 Å². The summed E-state index contributed by atoms with van der Waals surface area (Å²) in [6, 6.07) is 0. The molecule has 0 amide bonds. The average Bonchev–Trinajstić information content (AvgIpc) is 2.33. The van der Waals surface area contributed by atoms with Gasteiger partial charge >= 0.3 is 0 Å². The van der Waals surface area contributed by atoms with E-state index in [4.69, 9.17) is 18.0 Å². The third kappa shape index (κ3) is 7.91. The number of rotatable bonds is 11. The zero-order valence-electron chi connectivity index (χ0n) is 12.6. The molecule has 0 radical (unpaired) electrons. The second kappa shape index (κ2) is 10.6. The molecule has 0 aliphatic rings. The molecular formula is C15H32N2S. The lowest BCUT2D eigenvalue weighted by atomic mass is 9.82. The van der Waals surface area contributed by atoms with E-state index in [9.17, 15) is 0 Å². The second-order valence-electron chi connectivity index (χ2n) is 5.43. The Balaban J connectivity index is 4.56. The van der Waals surface area contributed by atoms with Crippen LogP contribution in [0, 0.1) is 0 Å². The van der Waals surface area contributed by atoms with Crippen molar-refractivity contribution in [3.05, 3.63) is 0 Å². The molecule has 3 N–H and O–H groups in total. The predicted octanol–water partition coefficient (Wildman–Crippen LogP) is 4.52. The molecule has 0 bridgehead atoms. The van der Waals surface area contributed by atoms with Gasteiger partial charge in [-0.25, -0.2) is 0 Å². The molecular weight excluding hydrogens is 240 g/mol. The van der Waals surface area contributed by atoms with Crippen LogP contribution >= 0.6 is 12.2 Å². The van der Waals surface area contributed by atoms with Crippen LogP contribution in [0.5, 0.6) is 0 Å². The zero-order valence-corrected chi connectivity index (χ0v) is 13.4. The van der Waals surface area contributed by atoms with E-state index < -0.39 is 0 Å². The molecule has 0 saturated carbocycles. The van der Waals surface area contributed by atoms with Crippen LogP contribution in [0.2, 0.25) is 0 Å². The average molecular weight is 273 g/mol. The largest absolute Gasteiger partial charge is 0.376 e. The fourth-order valence-electron chi connectivity index (χ4n) is 2.57. The summed E-state index contributed by atoms with van der Waals surface area (Å²) in [5.74, 6) is 0. The molecule has 0 fully saturated rings. The normalized spacial score (nSPS) is 11.5. The first-order valence-electron chi connectivity index (χ1n) is 7.67. The Hall–Kier alpha value is -0.310. The van der Waals surface area contributed by atoms with Gasteiger partial charge in [-0.1, -0.05) is 65.7 Å². The van der Waals surface area contributed by atoms with Gasteiger partial charge in [0.25, 0.3) is 0 Å². The van der Waals surface area contributed by atoms with Crippen LogP contribution in [0.4, 0.5) is 0 Å². The number of nitrogens with one attached hydrogen (secondary N) is 1. The molecule has 3 heteroatoms. The van der Waals surface area contributed by atoms with Crippen LogP contribution in [-0.4, -0.2) is 10.7 Å². The molecule has 0 aliphatic heterocycles. The predicted molar refractivity (Wildman–Crippen MR) is 85.8 cm³/mol. The maximum Gasteiger partial charge on any atom is 0.164 e. The maximum atomic E-state index is 5.75. The number of hydrogen-bond donors (Lipinski definition) is 2. The van der Waals surface area contributed by atoms with Gasteiger partial charge in [0.05, 0.1) is 0 Å². The standard InChI is InChI=1S/C15H32N2S/c1-4-7-10-13-15(11-8-5-2,12-9-6-3)17-14(16)18/h4-13H2,1-3H3,(H3,16,17,18). The Morgan fingerprint density at radius 2 is 1.33 bits per heavy atom. The monoisotopic (exact) mass is 272 g/mol. The summed E-state index contributed by atoms with van der Waals surface area (Å²) in [6.45, 7) is 6.75. The van der Waals surface area contributed by atoms with Gasteiger partial charge in [0.2, 0.25) is 0 Å². The lowest BCUT2D eigenvalue weighted by Gasteiger charge is -2.36. The van der Waals surface area contributed by atoms with Gasteiger partial charge in [-0.3, -0.25) is 0 Å². The Labute approximate surface area is 119 Å². The molecule has 0 unspecified atom stereocenters. The highest BCUT2D eigenvalue weighted by Gasteiger charge is 2.28. The summed E-state index contributed by atoms with van der Waals surface area (Å²) in [5, 5.41) is 3.90. The first kappa shape index (κ1) is 17.7. The van der Waals surface area contributed by atoms with Crippen LogP contribution in [0.25, 0.3) is 0 Å². The van der Waals surface area contributed by atoms with E-state index >= 15 is 0 Å². The first-order valence-corrected chi connectivity index (χ1v) is 8.08. The number of nitrogens with two attached hydrogens (primary N) is 1. The minimum Gasteiger partial charge on any atom is -0.376 e. The maximum absolute atomic E-state index is 5.75. The van der Waals surface area contributed by atoms with Gasteiger partial charge in [0.1, 0.15) is 0 Å². The van der Waals surface area contributed by atoms with Crippen molar-refractivity contribution in [2.45, 2.75) is 90.5 Å². The van der Waals surface area contributed by atoms with Gasteiger partial charge in [-0.15, -0.1) is 0 Å². The first-order chi connectivity index (χ1) is 8.60. The minimum atomic E-state index is 0.160. The van der Waals surface area contributed by atoms with E-state index in [1.807, 2.05) is 0 Å². The molecule has 0 rings (SSSR count). The van der Waals surface area contributed by atoms with E-state index in [2.05, 4.69) is 26.1 Å². The Bertz CT molecular complexity index is 209. The fraction of sp³-hybridized carbons (Fsp3) is 0.933. The molecule has 0 aliphatic carbocycles. The van der Waals surface area contributed by atoms with Crippen molar-refractivity contribution in [3.63, 3.8) is 0 Å². The Morgan fingerprint density at radius 3 is 1.72 bits per heavy atom. The van der Waals surface area contributed by atoms with Crippen molar-refractivity contribution in [1.29, 1.82) is 0 Å². The fourth-order valence-corrected chi connectivity index (χ4v) is 2.78. The van der Waals surface area contributed by atoms with Gasteiger partial charge < -0.3 is 11.1 Å². The van der Waals surface area contributed by atoms with Crippen LogP contribution in [0.1, 0.15) is 85.0 Å². The van der Waals surface area contributed by atoms with E-state index in [-0.39, 0.29) is 5.54 Å². The highest BCUT2D eigenvalue weighted by molar-refractivity contribution is 7.80. The van der Waals surface area contributed by atoms with Gasteiger partial charge in [0.15, 0.2) is 5.11 Å². The van der Waals surface area contributed by atoms with Crippen molar-refractivity contribution < 1.29 is 0 Å². The molecule has 2 nitrogen and oxygen atoms in total. The molecule has 0 aromatic heterocycles. The van der Waals surface area contributed by atoms with Crippen LogP contribution in [0.15, 0.2) is 0 Å². The van der Waals surface area contributed by atoms with Crippen LogP contribution in [0.3, 0.4) is 0 Å². The molecule has 0 heterocycles. The van der Waals surface area contributed by atoms with Gasteiger partial charge in [-0.2, -0.15) is 0 Å². The smallest absolute Gasteiger partial charge is 0.164 e. The van der Waals surface area contributed by atoms with Crippen molar-refractivity contribution >= 4 is 17.3 Å². The van der Waals surface area contributed by atoms with Crippen molar-refractivity contribution in [1.82, 2.24) is 5.32 Å². The van der Waals surface area contributed by atoms with Crippen LogP contribution < -0.4 is 11.1 Å². The van der Waals surface area contributed by atoms with Gasteiger partial charge in [-0.05, 0) is 31.5 Å². The minimum absolute atomic E-state index is 0.160. The summed E-state index contributed by atoms with van der Waals surface area (Å²) in [5.41, 5.74) is 5.91. The summed E-state index contributed by atoms with van der Waals surface area (Å²) >= 11 is 5.09. The third-order valence-electron chi connectivity index (χ3n) is 3.67. The molecule has 0 aromatic carbocycles. The summed E-state index contributed by atoms with van der Waals surface area (Å²) in [6.07, 6.45) is 12.4. The van der Waals surface area contributed by atoms with Crippen molar-refractivity contribution in [2.75, 3.05) is 0 Å². The zero-order chi connectivity index (χ0) is 13.9. The summed E-state index contributed by atoms with van der Waals surface area (Å²) in [7, 11) is 0. The highest BCUT2D eigenvalue weighted by Crippen LogP contribution is 2.27. The summed E-state index contributed by atoms with van der Waals surface area (Å²) in [4.78, 5) is 0. The topological polar surface area (TPSA) is 38.0 Å². The Kier molecular flexibility index (Phi) is 10.4. The molecule has 0 aromatic rings. The van der Waals surface area contributed by atoms with E-state index in [0.717, 1.165) is 0 Å². The second-order valence-corrected chi connectivity index (χ2v) is 5.87. The van der Waals surface area contributed by atoms with E-state index in [1.165, 1.54) is 64.2 Å². The number of unbranched alkanes of at least 4 members (excludes halogenated alkanes) is 4. The van der Waals surface area contributed by atoms with Gasteiger partial charge in [0, 0.05) is 5.54 Å². The Morgan fingerprint density at radius 1 is 0.889 bits per heavy atom. The molecule has 18 heavy (non-hydrogen) atoms. The van der Waals surface area contributed by atoms with Crippen molar-refractivity contribution in [3.8, 4) is 0 Å². The quantitative estimate of drug-likeness (QED) is 0.429. The third-order valence-corrected chi connectivity index (χ3v) is 3.77. The lowest BCUT2D eigenvalue weighted by Crippen LogP contribution is -2.50. The SMILES string of the molecule is CCCCCC(CCCC)(CCCC)NC(N)=S. The van der Waals surface area contributed by atoms with E-state index in [0.29, 0.717) is 5.11 Å². The summed E-state index contributed by atoms with van der Waals surface area (Å²) < 4.78 is 0. The molecule has 0 spiro atoms.